The summed E-state index contributed by atoms with van der Waals surface area (Å²) in [5, 5.41) is 7.34. The van der Waals surface area contributed by atoms with Gasteiger partial charge in [-0.25, -0.2) is 0 Å². The molecule has 96 valence electrons. The van der Waals surface area contributed by atoms with E-state index in [1.54, 1.807) is 11.8 Å². The Morgan fingerprint density at radius 1 is 1.53 bits per heavy atom. The van der Waals surface area contributed by atoms with Gasteiger partial charge < -0.3 is 10.6 Å². The van der Waals surface area contributed by atoms with Gasteiger partial charge in [0.1, 0.15) is 0 Å². The standard InChI is InChI=1S/C12H21N3OS/c1-8-7-17-12(15-9(8)2)14-6-5-13-11(16)10-3-4-10/h8-10H,3-7H2,1-2H3,(H,13,16)(H,14,15). The molecule has 1 aliphatic carbocycles. The van der Waals surface area contributed by atoms with Crippen LogP contribution in [0, 0.1) is 11.8 Å². The van der Waals surface area contributed by atoms with Crippen molar-refractivity contribution in [2.24, 2.45) is 16.8 Å². The van der Waals surface area contributed by atoms with Crippen molar-refractivity contribution in [3.8, 4) is 0 Å². The molecule has 1 aliphatic heterocycles. The van der Waals surface area contributed by atoms with Crippen LogP contribution in [0.1, 0.15) is 26.7 Å². The molecule has 17 heavy (non-hydrogen) atoms. The van der Waals surface area contributed by atoms with Gasteiger partial charge in [-0.1, -0.05) is 18.7 Å². The summed E-state index contributed by atoms with van der Waals surface area (Å²) in [5.41, 5.74) is 0. The summed E-state index contributed by atoms with van der Waals surface area (Å²) in [6.45, 7) is 5.77. The van der Waals surface area contributed by atoms with Crippen LogP contribution in [0.5, 0.6) is 0 Å². The van der Waals surface area contributed by atoms with Crippen molar-refractivity contribution in [2.75, 3.05) is 18.8 Å². The van der Waals surface area contributed by atoms with Crippen molar-refractivity contribution in [1.82, 2.24) is 10.6 Å². The third kappa shape index (κ3) is 3.91. The molecule has 1 saturated carbocycles. The minimum Gasteiger partial charge on any atom is -0.362 e. The van der Waals surface area contributed by atoms with E-state index in [2.05, 4.69) is 29.5 Å². The maximum absolute atomic E-state index is 11.4. The van der Waals surface area contributed by atoms with E-state index in [4.69, 9.17) is 0 Å². The van der Waals surface area contributed by atoms with Gasteiger partial charge >= 0.3 is 0 Å². The minimum atomic E-state index is 0.205. The van der Waals surface area contributed by atoms with Crippen LogP contribution in [0.2, 0.25) is 0 Å². The molecule has 0 aromatic rings. The number of hydrogen-bond acceptors (Lipinski definition) is 3. The first-order valence-corrected chi connectivity index (χ1v) is 7.37. The zero-order valence-corrected chi connectivity index (χ0v) is 11.3. The van der Waals surface area contributed by atoms with Gasteiger partial charge in [0.05, 0.1) is 6.54 Å². The summed E-state index contributed by atoms with van der Waals surface area (Å²) >= 11 is 1.78. The first-order valence-electron chi connectivity index (χ1n) is 6.38. The zero-order chi connectivity index (χ0) is 12.3. The molecule has 0 aromatic carbocycles. The van der Waals surface area contributed by atoms with Crippen molar-refractivity contribution in [3.63, 3.8) is 0 Å². The van der Waals surface area contributed by atoms with Gasteiger partial charge in [0.15, 0.2) is 5.17 Å². The Bertz CT molecular complexity index is 315. The lowest BCUT2D eigenvalue weighted by Gasteiger charge is -2.28. The Kier molecular flexibility index (Phi) is 4.31. The molecule has 4 nitrogen and oxygen atoms in total. The smallest absolute Gasteiger partial charge is 0.223 e. The maximum Gasteiger partial charge on any atom is 0.223 e. The molecule has 0 aromatic heterocycles. The molecule has 0 radical (unpaired) electrons. The van der Waals surface area contributed by atoms with Gasteiger partial charge in [0.2, 0.25) is 5.91 Å². The fourth-order valence-corrected chi connectivity index (χ4v) is 2.81. The number of nitrogens with zero attached hydrogens (tertiary/aromatic N) is 1. The van der Waals surface area contributed by atoms with Crippen LogP contribution in [-0.2, 0) is 4.79 Å². The van der Waals surface area contributed by atoms with Gasteiger partial charge in [-0.3, -0.25) is 9.79 Å². The Hall–Kier alpha value is -0.710. The van der Waals surface area contributed by atoms with Crippen LogP contribution in [0.3, 0.4) is 0 Å². The molecule has 2 rings (SSSR count). The molecule has 2 unspecified atom stereocenters. The molecule has 2 aliphatic rings. The monoisotopic (exact) mass is 255 g/mol. The second-order valence-electron chi connectivity index (χ2n) is 4.97. The Morgan fingerprint density at radius 3 is 2.94 bits per heavy atom. The number of rotatable bonds is 4. The number of aliphatic imine (C=N–C) groups is 1. The quantitative estimate of drug-likeness (QED) is 0.743. The van der Waals surface area contributed by atoms with E-state index in [1.165, 1.54) is 0 Å². The number of carbonyl (C=O) groups is 1. The van der Waals surface area contributed by atoms with E-state index in [9.17, 15) is 4.79 Å². The summed E-state index contributed by atoms with van der Waals surface area (Å²) in [7, 11) is 0. The number of nitrogens with one attached hydrogen (secondary N) is 2. The molecule has 2 atom stereocenters. The number of amidine groups is 1. The van der Waals surface area contributed by atoms with Crippen LogP contribution < -0.4 is 10.6 Å². The lowest BCUT2D eigenvalue weighted by molar-refractivity contribution is -0.122. The minimum absolute atomic E-state index is 0.205. The van der Waals surface area contributed by atoms with E-state index in [-0.39, 0.29) is 5.91 Å². The molecule has 1 heterocycles. The Labute approximate surface area is 107 Å². The van der Waals surface area contributed by atoms with Crippen molar-refractivity contribution in [1.29, 1.82) is 0 Å². The molecular formula is C12H21N3OS. The first kappa shape index (κ1) is 12.7. The second kappa shape index (κ2) is 5.76. The highest BCUT2D eigenvalue weighted by Crippen LogP contribution is 2.28. The fourth-order valence-electron chi connectivity index (χ4n) is 1.65. The fraction of sp³-hybridized carbons (Fsp3) is 0.833. The van der Waals surface area contributed by atoms with Gasteiger partial charge in [-0.15, -0.1) is 0 Å². The van der Waals surface area contributed by atoms with E-state index in [1.807, 2.05) is 0 Å². The van der Waals surface area contributed by atoms with Crippen LogP contribution >= 0.6 is 11.8 Å². The predicted octanol–water partition coefficient (Wildman–Crippen LogP) is 1.23. The largest absolute Gasteiger partial charge is 0.362 e. The predicted molar refractivity (Wildman–Crippen MR) is 72.3 cm³/mol. The first-order chi connectivity index (χ1) is 8.16. The second-order valence-corrected chi connectivity index (χ2v) is 5.98. The number of hydrogen-bond donors (Lipinski definition) is 2. The third-order valence-electron chi connectivity index (χ3n) is 3.30. The highest BCUT2D eigenvalue weighted by atomic mass is 32.2. The molecule has 1 saturated heterocycles. The normalized spacial score (nSPS) is 31.1. The van der Waals surface area contributed by atoms with Gasteiger partial charge in [-0.05, 0) is 25.7 Å². The molecule has 2 fully saturated rings. The lowest BCUT2D eigenvalue weighted by atomic mass is 10.1. The summed E-state index contributed by atoms with van der Waals surface area (Å²) in [5.74, 6) is 2.32. The summed E-state index contributed by atoms with van der Waals surface area (Å²) in [4.78, 5) is 15.8. The van der Waals surface area contributed by atoms with Crippen molar-refractivity contribution in [3.05, 3.63) is 0 Å². The summed E-state index contributed by atoms with van der Waals surface area (Å²) < 4.78 is 0. The van der Waals surface area contributed by atoms with Crippen molar-refractivity contribution < 1.29 is 4.79 Å². The molecule has 5 heteroatoms. The van der Waals surface area contributed by atoms with E-state index in [0.29, 0.717) is 31.0 Å². The highest BCUT2D eigenvalue weighted by Gasteiger charge is 2.29. The van der Waals surface area contributed by atoms with Crippen LogP contribution in [0.15, 0.2) is 4.99 Å². The van der Waals surface area contributed by atoms with Crippen molar-refractivity contribution in [2.45, 2.75) is 32.7 Å². The van der Waals surface area contributed by atoms with E-state index >= 15 is 0 Å². The Balaban J connectivity index is 1.64. The van der Waals surface area contributed by atoms with Gasteiger partial charge in [0, 0.05) is 24.3 Å². The average Bonchev–Trinajstić information content (AvgIpc) is 3.13. The summed E-state index contributed by atoms with van der Waals surface area (Å²) in [6.07, 6.45) is 2.13. The van der Waals surface area contributed by atoms with E-state index in [0.717, 1.165) is 23.8 Å². The lowest BCUT2D eigenvalue weighted by Crippen LogP contribution is -2.41. The Morgan fingerprint density at radius 2 is 2.29 bits per heavy atom. The number of amides is 1. The molecule has 2 N–H and O–H groups in total. The van der Waals surface area contributed by atoms with E-state index < -0.39 is 0 Å². The summed E-state index contributed by atoms with van der Waals surface area (Å²) in [6, 6.07) is 0.496. The SMILES string of the molecule is CC1CSC(=NCCNC(=O)C2CC2)NC1C. The molecular weight excluding hydrogens is 234 g/mol. The number of carbonyl (C=O) groups excluding carboxylic acids is 1. The van der Waals surface area contributed by atoms with Gasteiger partial charge in [0.25, 0.3) is 0 Å². The number of thioether (sulfide) groups is 1. The van der Waals surface area contributed by atoms with Crippen LogP contribution in [0.4, 0.5) is 0 Å². The van der Waals surface area contributed by atoms with Crippen LogP contribution in [-0.4, -0.2) is 36.0 Å². The molecule has 0 spiro atoms. The average molecular weight is 255 g/mol. The highest BCUT2D eigenvalue weighted by molar-refractivity contribution is 8.13. The van der Waals surface area contributed by atoms with Crippen LogP contribution in [0.25, 0.3) is 0 Å². The van der Waals surface area contributed by atoms with Crippen molar-refractivity contribution >= 4 is 22.8 Å². The van der Waals surface area contributed by atoms with Gasteiger partial charge in [-0.2, -0.15) is 0 Å². The topological polar surface area (TPSA) is 53.5 Å². The molecule has 1 amide bonds. The zero-order valence-electron chi connectivity index (χ0n) is 10.5. The molecule has 0 bridgehead atoms. The third-order valence-corrected chi connectivity index (χ3v) is 4.52. The maximum atomic E-state index is 11.4.